The van der Waals surface area contributed by atoms with Gasteiger partial charge in [-0.3, -0.25) is 9.78 Å². The average molecular weight is 576 g/mol. The number of carbonyl (C=O) groups excluding carboxylic acids is 1. The standard InChI is InChI=1S/C30H36F3N3O3S/c1-18(2)16-29(26(38)39)17-22(23-15-21(11-12-34-23)30(31,32)33)24(28(6)35-13-14-40-28)36(29)25(37)19-7-9-20(10-8-19)27(3,4)5/h7-15,18,22,24,35H,16-17H2,1-6H3,(H,38,39)/t22-,24-,28?,29+/m1/s1. The summed E-state index contributed by atoms with van der Waals surface area (Å²) >= 11 is 1.38. The van der Waals surface area contributed by atoms with Crippen LogP contribution >= 0.6 is 11.8 Å². The molecule has 6 nitrogen and oxygen atoms in total. The fourth-order valence-corrected chi connectivity index (χ4v) is 6.98. The van der Waals surface area contributed by atoms with E-state index >= 15 is 0 Å². The van der Waals surface area contributed by atoms with Gasteiger partial charge in [0.1, 0.15) is 10.4 Å². The van der Waals surface area contributed by atoms with Crippen molar-refractivity contribution in [3.05, 3.63) is 76.6 Å². The number of likely N-dealkylation sites (tertiary alicyclic amines) is 1. The van der Waals surface area contributed by atoms with E-state index in [1.54, 1.807) is 23.7 Å². The summed E-state index contributed by atoms with van der Waals surface area (Å²) in [6.07, 6.45) is -1.71. The van der Waals surface area contributed by atoms with Crippen LogP contribution in [0.1, 0.15) is 87.5 Å². The highest BCUT2D eigenvalue weighted by atomic mass is 32.2. The van der Waals surface area contributed by atoms with Crippen LogP contribution in [0.25, 0.3) is 0 Å². The largest absolute Gasteiger partial charge is 0.479 e. The van der Waals surface area contributed by atoms with Gasteiger partial charge in [-0.2, -0.15) is 13.2 Å². The van der Waals surface area contributed by atoms with Gasteiger partial charge in [0.2, 0.25) is 0 Å². The zero-order valence-corrected chi connectivity index (χ0v) is 24.4. The SMILES string of the molecule is CC(C)C[C@@]1(C(=O)O)C[C@H](c2cc(C(F)(F)F)ccn2)[C@H](C2(C)NC=CS2)N1C(=O)c1ccc(C(C)(C)C)cc1. The molecule has 1 unspecified atom stereocenters. The van der Waals surface area contributed by atoms with Crippen LogP contribution in [0.3, 0.4) is 0 Å². The third kappa shape index (κ3) is 5.47. The number of benzene rings is 1. The van der Waals surface area contributed by atoms with Crippen molar-refractivity contribution < 1.29 is 27.9 Å². The summed E-state index contributed by atoms with van der Waals surface area (Å²) in [5.41, 5.74) is -1.22. The summed E-state index contributed by atoms with van der Waals surface area (Å²) in [5.74, 6) is -2.54. The number of halogens is 3. The zero-order valence-electron chi connectivity index (χ0n) is 23.5. The van der Waals surface area contributed by atoms with Crippen molar-refractivity contribution in [3.8, 4) is 0 Å². The maximum atomic E-state index is 14.4. The average Bonchev–Trinajstić information content (AvgIpc) is 3.45. The van der Waals surface area contributed by atoms with Crippen LogP contribution in [0.2, 0.25) is 0 Å². The molecule has 0 aliphatic carbocycles. The molecular weight excluding hydrogens is 539 g/mol. The molecular formula is C30H36F3N3O3S. The minimum atomic E-state index is -4.59. The summed E-state index contributed by atoms with van der Waals surface area (Å²) in [5, 5.41) is 15.9. The van der Waals surface area contributed by atoms with Crippen molar-refractivity contribution in [2.75, 3.05) is 0 Å². The highest BCUT2D eigenvalue weighted by molar-refractivity contribution is 8.03. The maximum absolute atomic E-state index is 14.4. The number of amides is 1. The Morgan fingerprint density at radius 1 is 1.15 bits per heavy atom. The topological polar surface area (TPSA) is 82.5 Å². The molecule has 0 bridgehead atoms. The second-order valence-corrected chi connectivity index (χ2v) is 13.7. The van der Waals surface area contributed by atoms with E-state index in [9.17, 15) is 27.9 Å². The molecule has 2 aliphatic heterocycles. The first kappa shape index (κ1) is 30.0. The third-order valence-corrected chi connectivity index (χ3v) is 8.96. The molecule has 2 aromatic rings. The first-order chi connectivity index (χ1) is 18.5. The number of pyridine rings is 1. The summed E-state index contributed by atoms with van der Waals surface area (Å²) < 4.78 is 41.1. The highest BCUT2D eigenvalue weighted by Crippen LogP contribution is 2.54. The van der Waals surface area contributed by atoms with Gasteiger partial charge < -0.3 is 15.3 Å². The second-order valence-electron chi connectivity index (χ2n) is 12.3. The monoisotopic (exact) mass is 575 g/mol. The van der Waals surface area contributed by atoms with Crippen LogP contribution in [0.5, 0.6) is 0 Å². The fraction of sp³-hybridized carbons (Fsp3) is 0.500. The summed E-state index contributed by atoms with van der Waals surface area (Å²) in [7, 11) is 0. The number of aliphatic carboxylic acids is 1. The lowest BCUT2D eigenvalue weighted by Crippen LogP contribution is -2.62. The van der Waals surface area contributed by atoms with Crippen molar-refractivity contribution >= 4 is 23.6 Å². The molecule has 2 aliphatic rings. The van der Waals surface area contributed by atoms with Gasteiger partial charge in [0.15, 0.2) is 0 Å². The zero-order chi connectivity index (χ0) is 29.7. The lowest BCUT2D eigenvalue weighted by atomic mass is 9.82. The van der Waals surface area contributed by atoms with Crippen molar-refractivity contribution in [1.82, 2.24) is 15.2 Å². The molecule has 1 aromatic heterocycles. The lowest BCUT2D eigenvalue weighted by Gasteiger charge is -2.45. The Labute approximate surface area is 237 Å². The third-order valence-electron chi connectivity index (χ3n) is 7.84. The number of carboxylic acids is 1. The molecule has 10 heteroatoms. The lowest BCUT2D eigenvalue weighted by molar-refractivity contribution is -0.150. The number of aromatic nitrogens is 1. The minimum Gasteiger partial charge on any atom is -0.479 e. The van der Waals surface area contributed by atoms with Crippen molar-refractivity contribution in [3.63, 3.8) is 0 Å². The van der Waals surface area contributed by atoms with Gasteiger partial charge in [-0.25, -0.2) is 4.79 Å². The molecule has 1 fully saturated rings. The number of hydrogen-bond donors (Lipinski definition) is 2. The Balaban J connectivity index is 1.93. The molecule has 4 atom stereocenters. The number of nitrogens with one attached hydrogen (secondary N) is 1. The molecule has 0 radical (unpaired) electrons. The van der Waals surface area contributed by atoms with Crippen LogP contribution < -0.4 is 5.32 Å². The van der Waals surface area contributed by atoms with Gasteiger partial charge in [0.25, 0.3) is 5.91 Å². The van der Waals surface area contributed by atoms with Gasteiger partial charge in [-0.15, -0.1) is 11.8 Å². The minimum absolute atomic E-state index is 0.0663. The van der Waals surface area contributed by atoms with Crippen LogP contribution in [0, 0.1) is 5.92 Å². The van der Waals surface area contributed by atoms with Gasteiger partial charge >= 0.3 is 12.1 Å². The van der Waals surface area contributed by atoms with Gasteiger partial charge in [-0.05, 0) is 66.3 Å². The van der Waals surface area contributed by atoms with E-state index in [4.69, 9.17) is 0 Å². The van der Waals surface area contributed by atoms with Crippen molar-refractivity contribution in [2.45, 2.75) is 88.3 Å². The van der Waals surface area contributed by atoms with Crippen LogP contribution in [0.4, 0.5) is 13.2 Å². The molecule has 1 amide bonds. The van der Waals surface area contributed by atoms with E-state index in [-0.39, 0.29) is 29.9 Å². The molecule has 40 heavy (non-hydrogen) atoms. The number of alkyl halides is 3. The van der Waals surface area contributed by atoms with Crippen LogP contribution in [-0.2, 0) is 16.4 Å². The summed E-state index contributed by atoms with van der Waals surface area (Å²) in [6, 6.07) is 8.19. The van der Waals surface area contributed by atoms with Crippen LogP contribution in [0.15, 0.2) is 54.2 Å². The van der Waals surface area contributed by atoms with E-state index in [1.165, 1.54) is 16.7 Å². The molecule has 2 N–H and O–H groups in total. The smallest absolute Gasteiger partial charge is 0.416 e. The Bertz CT molecular complexity index is 1300. The van der Waals surface area contributed by atoms with Gasteiger partial charge in [-0.1, -0.05) is 46.8 Å². The fourth-order valence-electron chi connectivity index (χ4n) is 6.02. The van der Waals surface area contributed by atoms with Crippen molar-refractivity contribution in [1.29, 1.82) is 0 Å². The number of carbonyl (C=O) groups is 2. The van der Waals surface area contributed by atoms with E-state index < -0.39 is 46.0 Å². The predicted octanol–water partition coefficient (Wildman–Crippen LogP) is 6.79. The van der Waals surface area contributed by atoms with E-state index in [0.29, 0.717) is 5.56 Å². The molecule has 0 spiro atoms. The number of thioether (sulfide) groups is 1. The summed E-state index contributed by atoms with van der Waals surface area (Å²) in [6.45, 7) is 11.8. The second kappa shape index (κ2) is 10.4. The molecule has 216 valence electrons. The number of hydrogen-bond acceptors (Lipinski definition) is 5. The number of rotatable bonds is 6. The predicted molar refractivity (Wildman–Crippen MR) is 150 cm³/mol. The molecule has 0 saturated carbocycles. The molecule has 4 rings (SSSR count). The quantitative estimate of drug-likeness (QED) is 0.395. The number of carboxylic acid groups (broad SMARTS) is 1. The Morgan fingerprint density at radius 3 is 2.30 bits per heavy atom. The Kier molecular flexibility index (Phi) is 7.81. The van der Waals surface area contributed by atoms with Gasteiger partial charge in [0.05, 0.1) is 11.6 Å². The molecule has 1 saturated heterocycles. The van der Waals surface area contributed by atoms with E-state index in [2.05, 4.69) is 31.1 Å². The van der Waals surface area contributed by atoms with E-state index in [1.807, 2.05) is 32.9 Å². The Hall–Kier alpha value is -3.01. The van der Waals surface area contributed by atoms with E-state index in [0.717, 1.165) is 23.9 Å². The normalized spacial score (nSPS) is 26.8. The Morgan fingerprint density at radius 2 is 1.80 bits per heavy atom. The van der Waals surface area contributed by atoms with Crippen molar-refractivity contribution in [2.24, 2.45) is 5.92 Å². The molecule has 1 aromatic carbocycles. The maximum Gasteiger partial charge on any atom is 0.416 e. The van der Waals surface area contributed by atoms with Crippen LogP contribution in [-0.4, -0.2) is 43.3 Å². The molecule has 3 heterocycles. The number of nitrogens with zero attached hydrogens (tertiary/aromatic N) is 2. The van der Waals surface area contributed by atoms with Gasteiger partial charge in [0, 0.05) is 29.6 Å². The highest BCUT2D eigenvalue weighted by Gasteiger charge is 2.64. The summed E-state index contributed by atoms with van der Waals surface area (Å²) in [4.78, 5) is 32.5. The first-order valence-electron chi connectivity index (χ1n) is 13.3. The first-order valence-corrected chi connectivity index (χ1v) is 14.2.